The van der Waals surface area contributed by atoms with E-state index in [1.54, 1.807) is 0 Å². The van der Waals surface area contributed by atoms with E-state index in [-0.39, 0.29) is 0 Å². The summed E-state index contributed by atoms with van der Waals surface area (Å²) in [6, 6.07) is 8.38. The molecule has 1 aromatic carbocycles. The molecule has 1 heterocycles. The molecule has 2 N–H and O–H groups in total. The number of rotatable bonds is 8. The van der Waals surface area contributed by atoms with Crippen LogP contribution in [0.25, 0.3) is 0 Å². The normalized spacial score (nSPS) is 18.5. The summed E-state index contributed by atoms with van der Waals surface area (Å²) in [6.45, 7) is 11.6. The quantitative estimate of drug-likeness (QED) is 0.711. The van der Waals surface area contributed by atoms with Crippen LogP contribution in [0, 0.1) is 0 Å². The summed E-state index contributed by atoms with van der Waals surface area (Å²) < 4.78 is 0. The van der Waals surface area contributed by atoms with Gasteiger partial charge in [0.15, 0.2) is 0 Å². The van der Waals surface area contributed by atoms with E-state index in [1.165, 1.54) is 4.90 Å². The van der Waals surface area contributed by atoms with Gasteiger partial charge in [-0.05, 0) is 24.7 Å². The van der Waals surface area contributed by atoms with Gasteiger partial charge in [0.2, 0.25) is 0 Å². The molecule has 1 saturated heterocycles. The van der Waals surface area contributed by atoms with E-state index in [2.05, 4.69) is 53.2 Å². The Bertz CT molecular complexity index is 444. The van der Waals surface area contributed by atoms with Gasteiger partial charge in [-0.3, -0.25) is 9.80 Å². The van der Waals surface area contributed by atoms with Crippen LogP contribution in [0.4, 0.5) is 0 Å². The smallest absolute Gasteiger partial charge is 0.0916 e. The first-order chi connectivity index (χ1) is 11.1. The lowest BCUT2D eigenvalue weighted by Gasteiger charge is -2.35. The van der Waals surface area contributed by atoms with E-state index in [0.29, 0.717) is 5.25 Å². The standard InChI is InChI=1S/C18H31N3OS/c1-15(2)23-17-6-4-16(5-7-17)18(22)14-21-12-10-20(11-13-21)9-8-19-3/h4-7,15,18-19,22H,8-14H2,1-3H3. The zero-order chi connectivity index (χ0) is 16.7. The number of likely N-dealkylation sites (N-methyl/N-ethyl adjacent to an activating group) is 1. The third kappa shape index (κ3) is 6.43. The molecule has 2 rings (SSSR count). The molecule has 1 unspecified atom stereocenters. The van der Waals surface area contributed by atoms with Gasteiger partial charge in [0.25, 0.3) is 0 Å². The van der Waals surface area contributed by atoms with Crippen LogP contribution in [-0.2, 0) is 0 Å². The highest BCUT2D eigenvalue weighted by atomic mass is 32.2. The van der Waals surface area contributed by atoms with Gasteiger partial charge in [-0.1, -0.05) is 26.0 Å². The van der Waals surface area contributed by atoms with E-state index in [0.717, 1.165) is 51.4 Å². The minimum Gasteiger partial charge on any atom is -0.387 e. The molecule has 0 spiro atoms. The fourth-order valence-corrected chi connectivity index (χ4v) is 3.69. The van der Waals surface area contributed by atoms with Crippen molar-refractivity contribution < 1.29 is 5.11 Å². The number of hydrogen-bond acceptors (Lipinski definition) is 5. The lowest BCUT2D eigenvalue weighted by Crippen LogP contribution is -2.48. The topological polar surface area (TPSA) is 38.7 Å². The molecule has 1 atom stereocenters. The number of aliphatic hydroxyl groups is 1. The Morgan fingerprint density at radius 2 is 1.70 bits per heavy atom. The fourth-order valence-electron chi connectivity index (χ4n) is 2.86. The number of aliphatic hydroxyl groups excluding tert-OH is 1. The molecule has 0 aromatic heterocycles. The second kappa shape index (κ2) is 9.64. The molecular weight excluding hydrogens is 306 g/mol. The van der Waals surface area contributed by atoms with E-state index < -0.39 is 6.10 Å². The second-order valence-electron chi connectivity index (χ2n) is 6.50. The Morgan fingerprint density at radius 3 is 2.26 bits per heavy atom. The number of piperazine rings is 1. The van der Waals surface area contributed by atoms with Gasteiger partial charge in [-0.15, -0.1) is 11.8 Å². The van der Waals surface area contributed by atoms with Gasteiger partial charge in [0, 0.05) is 56.0 Å². The van der Waals surface area contributed by atoms with Crippen molar-refractivity contribution in [3.63, 3.8) is 0 Å². The number of hydrogen-bond donors (Lipinski definition) is 2. The largest absolute Gasteiger partial charge is 0.387 e. The molecule has 0 amide bonds. The zero-order valence-corrected chi connectivity index (χ0v) is 15.5. The van der Waals surface area contributed by atoms with Gasteiger partial charge < -0.3 is 10.4 Å². The first-order valence-corrected chi connectivity index (χ1v) is 9.50. The van der Waals surface area contributed by atoms with Gasteiger partial charge >= 0.3 is 0 Å². The molecule has 1 fully saturated rings. The number of β-amino-alcohol motifs (C(OH)–C–C–N with tert-alkyl or cyclic N) is 1. The van der Waals surface area contributed by atoms with Crippen molar-refractivity contribution in [2.24, 2.45) is 0 Å². The van der Waals surface area contributed by atoms with Crippen molar-refractivity contribution in [3.8, 4) is 0 Å². The molecule has 23 heavy (non-hydrogen) atoms. The molecule has 1 aromatic rings. The molecule has 1 aliphatic rings. The minimum absolute atomic E-state index is 0.392. The van der Waals surface area contributed by atoms with E-state index >= 15 is 0 Å². The van der Waals surface area contributed by atoms with Gasteiger partial charge in [-0.2, -0.15) is 0 Å². The fraction of sp³-hybridized carbons (Fsp3) is 0.667. The molecule has 5 heteroatoms. The third-order valence-electron chi connectivity index (χ3n) is 4.21. The van der Waals surface area contributed by atoms with Crippen molar-refractivity contribution in [1.29, 1.82) is 0 Å². The summed E-state index contributed by atoms with van der Waals surface area (Å²) in [5, 5.41) is 14.3. The minimum atomic E-state index is -0.392. The average Bonchev–Trinajstić information content (AvgIpc) is 2.54. The Morgan fingerprint density at radius 1 is 1.09 bits per heavy atom. The monoisotopic (exact) mass is 337 g/mol. The molecule has 0 bridgehead atoms. The highest BCUT2D eigenvalue weighted by Crippen LogP contribution is 2.25. The van der Waals surface area contributed by atoms with Gasteiger partial charge in [0.1, 0.15) is 0 Å². The lowest BCUT2D eigenvalue weighted by atomic mass is 10.1. The van der Waals surface area contributed by atoms with Crippen molar-refractivity contribution in [1.82, 2.24) is 15.1 Å². The maximum absolute atomic E-state index is 10.5. The summed E-state index contributed by atoms with van der Waals surface area (Å²) in [4.78, 5) is 6.13. The number of thioether (sulfide) groups is 1. The van der Waals surface area contributed by atoms with Crippen molar-refractivity contribution in [2.45, 2.75) is 30.1 Å². The SMILES string of the molecule is CNCCN1CCN(CC(O)c2ccc(SC(C)C)cc2)CC1. The van der Waals surface area contributed by atoms with E-state index in [4.69, 9.17) is 0 Å². The predicted octanol–water partition coefficient (Wildman–Crippen LogP) is 2.06. The summed E-state index contributed by atoms with van der Waals surface area (Å²) >= 11 is 1.86. The first kappa shape index (κ1) is 18.7. The maximum atomic E-state index is 10.5. The average molecular weight is 338 g/mol. The Hall–Kier alpha value is -0.590. The summed E-state index contributed by atoms with van der Waals surface area (Å²) in [5.74, 6) is 0. The molecule has 0 radical (unpaired) electrons. The van der Waals surface area contributed by atoms with Crippen molar-refractivity contribution >= 4 is 11.8 Å². The molecule has 1 aliphatic heterocycles. The molecule has 130 valence electrons. The van der Waals surface area contributed by atoms with Crippen LogP contribution in [0.1, 0.15) is 25.5 Å². The molecular formula is C18H31N3OS. The molecule has 0 saturated carbocycles. The van der Waals surface area contributed by atoms with E-state index in [1.807, 2.05) is 18.8 Å². The summed E-state index contributed by atoms with van der Waals surface area (Å²) in [5.41, 5.74) is 1.02. The van der Waals surface area contributed by atoms with Gasteiger partial charge in [0.05, 0.1) is 6.10 Å². The molecule has 0 aliphatic carbocycles. The second-order valence-corrected chi connectivity index (χ2v) is 8.15. The van der Waals surface area contributed by atoms with E-state index in [9.17, 15) is 5.11 Å². The van der Waals surface area contributed by atoms with Gasteiger partial charge in [-0.25, -0.2) is 0 Å². The lowest BCUT2D eigenvalue weighted by molar-refractivity contribution is 0.0730. The Balaban J connectivity index is 1.77. The van der Waals surface area contributed by atoms with Crippen LogP contribution in [-0.4, -0.2) is 73.0 Å². The highest BCUT2D eigenvalue weighted by molar-refractivity contribution is 7.99. The van der Waals surface area contributed by atoms with Crippen LogP contribution in [0.15, 0.2) is 29.2 Å². The highest BCUT2D eigenvalue weighted by Gasteiger charge is 2.19. The summed E-state index contributed by atoms with van der Waals surface area (Å²) in [6.07, 6.45) is -0.392. The first-order valence-electron chi connectivity index (χ1n) is 8.62. The van der Waals surface area contributed by atoms with Crippen LogP contribution in [0.3, 0.4) is 0 Å². The Kier molecular flexibility index (Phi) is 7.86. The number of nitrogens with zero attached hydrogens (tertiary/aromatic N) is 2. The van der Waals surface area contributed by atoms with Crippen molar-refractivity contribution in [2.75, 3.05) is 52.9 Å². The molecule has 4 nitrogen and oxygen atoms in total. The van der Waals surface area contributed by atoms with Crippen LogP contribution < -0.4 is 5.32 Å². The number of benzene rings is 1. The summed E-state index contributed by atoms with van der Waals surface area (Å²) in [7, 11) is 2.00. The maximum Gasteiger partial charge on any atom is 0.0916 e. The van der Waals surface area contributed by atoms with Crippen LogP contribution >= 0.6 is 11.8 Å². The Labute approximate surface area is 145 Å². The van der Waals surface area contributed by atoms with Crippen molar-refractivity contribution in [3.05, 3.63) is 29.8 Å². The number of nitrogens with one attached hydrogen (secondary N) is 1. The predicted molar refractivity (Wildman–Crippen MR) is 99.2 cm³/mol. The van der Waals surface area contributed by atoms with Crippen LogP contribution in [0.5, 0.6) is 0 Å². The third-order valence-corrected chi connectivity index (χ3v) is 5.23. The zero-order valence-electron chi connectivity index (χ0n) is 14.7. The van der Waals surface area contributed by atoms with Crippen LogP contribution in [0.2, 0.25) is 0 Å².